The largest absolute Gasteiger partial charge is 0.496 e. The van der Waals surface area contributed by atoms with E-state index in [2.05, 4.69) is 5.32 Å². The van der Waals surface area contributed by atoms with Crippen LogP contribution in [-0.2, 0) is 13.0 Å². The van der Waals surface area contributed by atoms with Gasteiger partial charge in [0.15, 0.2) is 0 Å². The highest BCUT2D eigenvalue weighted by molar-refractivity contribution is 6.07. The van der Waals surface area contributed by atoms with Crippen molar-refractivity contribution in [3.63, 3.8) is 0 Å². The number of carbonyl (C=O) groups is 1. The van der Waals surface area contributed by atoms with E-state index in [0.29, 0.717) is 29.9 Å². The van der Waals surface area contributed by atoms with Gasteiger partial charge in [0.05, 0.1) is 7.11 Å². The summed E-state index contributed by atoms with van der Waals surface area (Å²) in [7, 11) is 1.42. The molecule has 0 aliphatic carbocycles. The lowest BCUT2D eigenvalue weighted by Gasteiger charge is -2.22. The minimum absolute atomic E-state index is 0.168. The molecule has 0 fully saturated rings. The Labute approximate surface area is 132 Å². The number of amides is 1. The first-order valence-corrected chi connectivity index (χ1v) is 7.48. The number of fused-ring (bicyclic) bond motifs is 1. The first kappa shape index (κ1) is 15.3. The number of nitrogens with zero attached hydrogens (tertiary/aromatic N) is 1. The molecule has 1 aliphatic rings. The molecular weight excluding hydrogens is 299 g/mol. The van der Waals surface area contributed by atoms with E-state index in [0.717, 1.165) is 12.8 Å². The number of nitrogens with one attached hydrogen (secondary N) is 1. The molecule has 0 radical (unpaired) electrons. The van der Waals surface area contributed by atoms with E-state index in [1.807, 2.05) is 0 Å². The van der Waals surface area contributed by atoms with Crippen LogP contribution in [-0.4, -0.2) is 17.6 Å². The number of methoxy groups -OCH3 is 1. The number of pyridine rings is 1. The van der Waals surface area contributed by atoms with Gasteiger partial charge in [-0.2, -0.15) is 0 Å². The summed E-state index contributed by atoms with van der Waals surface area (Å²) in [6.45, 7) is 0.596. The molecule has 0 atom stereocenters. The molecule has 5 nitrogen and oxygen atoms in total. The normalized spacial score (nSPS) is 13.3. The Hall–Kier alpha value is -2.63. The van der Waals surface area contributed by atoms with E-state index in [1.54, 1.807) is 10.6 Å². The summed E-state index contributed by atoms with van der Waals surface area (Å²) >= 11 is 0. The quantitative estimate of drug-likeness (QED) is 0.947. The third-order valence-electron chi connectivity index (χ3n) is 3.96. The van der Waals surface area contributed by atoms with Crippen LogP contribution < -0.4 is 15.6 Å². The molecule has 1 aromatic carbocycles. The van der Waals surface area contributed by atoms with Gasteiger partial charge in [0.25, 0.3) is 11.5 Å². The Morgan fingerprint density at radius 2 is 2.13 bits per heavy atom. The van der Waals surface area contributed by atoms with Gasteiger partial charge in [-0.05, 0) is 37.5 Å². The fourth-order valence-corrected chi connectivity index (χ4v) is 2.90. The van der Waals surface area contributed by atoms with Crippen molar-refractivity contribution < 1.29 is 13.9 Å². The standard InChI is InChI=1S/C17H17FN2O3/c1-23-14-10-15(21)20-8-3-2-7-13(20)16(14)17(22)19-12-6-4-5-11(18)9-12/h4-6,9-10H,2-3,7-8H2,1H3,(H,19,22). The first-order valence-electron chi connectivity index (χ1n) is 7.48. The van der Waals surface area contributed by atoms with Crippen molar-refractivity contribution >= 4 is 11.6 Å². The second-order valence-corrected chi connectivity index (χ2v) is 5.45. The zero-order valence-electron chi connectivity index (χ0n) is 12.8. The number of ether oxygens (including phenoxy) is 1. The minimum Gasteiger partial charge on any atom is -0.496 e. The van der Waals surface area contributed by atoms with Gasteiger partial charge in [-0.25, -0.2) is 4.39 Å². The molecule has 2 heterocycles. The maximum absolute atomic E-state index is 13.3. The summed E-state index contributed by atoms with van der Waals surface area (Å²) in [6.07, 6.45) is 2.45. The van der Waals surface area contributed by atoms with Gasteiger partial charge in [0.2, 0.25) is 0 Å². The highest BCUT2D eigenvalue weighted by Gasteiger charge is 2.24. The summed E-state index contributed by atoms with van der Waals surface area (Å²) in [5, 5.41) is 2.67. The molecule has 2 aromatic rings. The van der Waals surface area contributed by atoms with Crippen LogP contribution in [0.4, 0.5) is 10.1 Å². The van der Waals surface area contributed by atoms with Crippen LogP contribution in [0.15, 0.2) is 35.1 Å². The van der Waals surface area contributed by atoms with Crippen LogP contribution in [0, 0.1) is 5.82 Å². The number of hydrogen-bond donors (Lipinski definition) is 1. The Bertz CT molecular complexity index is 814. The van der Waals surface area contributed by atoms with E-state index in [-0.39, 0.29) is 11.3 Å². The third kappa shape index (κ3) is 2.97. The van der Waals surface area contributed by atoms with Gasteiger partial charge in [0, 0.05) is 24.0 Å². The lowest BCUT2D eigenvalue weighted by Crippen LogP contribution is -2.30. The number of halogens is 1. The number of anilines is 1. The number of rotatable bonds is 3. The van der Waals surface area contributed by atoms with E-state index in [9.17, 15) is 14.0 Å². The first-order chi connectivity index (χ1) is 11.1. The van der Waals surface area contributed by atoms with E-state index in [1.165, 1.54) is 31.4 Å². The van der Waals surface area contributed by atoms with Crippen molar-refractivity contribution in [2.45, 2.75) is 25.8 Å². The predicted molar refractivity (Wildman–Crippen MR) is 84.5 cm³/mol. The van der Waals surface area contributed by atoms with Crippen LogP contribution >= 0.6 is 0 Å². The van der Waals surface area contributed by atoms with E-state index in [4.69, 9.17) is 4.74 Å². The van der Waals surface area contributed by atoms with Crippen molar-refractivity contribution in [3.8, 4) is 5.75 Å². The van der Waals surface area contributed by atoms with Crippen LogP contribution in [0.2, 0.25) is 0 Å². The predicted octanol–water partition coefficient (Wildman–Crippen LogP) is 2.58. The Balaban J connectivity index is 2.04. The number of benzene rings is 1. The SMILES string of the molecule is COc1cc(=O)n2c(c1C(=O)Nc1cccc(F)c1)CCCC2. The Kier molecular flexibility index (Phi) is 4.14. The number of carbonyl (C=O) groups excluding carboxylic acids is 1. The highest BCUT2D eigenvalue weighted by atomic mass is 19.1. The lowest BCUT2D eigenvalue weighted by atomic mass is 10.0. The van der Waals surface area contributed by atoms with Crippen molar-refractivity contribution in [2.24, 2.45) is 0 Å². The second-order valence-electron chi connectivity index (χ2n) is 5.45. The molecule has 3 rings (SSSR count). The average molecular weight is 316 g/mol. The average Bonchev–Trinajstić information content (AvgIpc) is 2.54. The van der Waals surface area contributed by atoms with Crippen LogP contribution in [0.3, 0.4) is 0 Å². The summed E-state index contributed by atoms with van der Waals surface area (Å²) in [6, 6.07) is 7.00. The molecule has 1 aromatic heterocycles. The van der Waals surface area contributed by atoms with Crippen LogP contribution in [0.1, 0.15) is 28.9 Å². The molecule has 23 heavy (non-hydrogen) atoms. The fraction of sp³-hybridized carbons (Fsp3) is 0.294. The van der Waals surface area contributed by atoms with Gasteiger partial charge in [0.1, 0.15) is 17.1 Å². The monoisotopic (exact) mass is 316 g/mol. The molecule has 120 valence electrons. The summed E-state index contributed by atoms with van der Waals surface area (Å²) in [5.41, 5.74) is 1.21. The summed E-state index contributed by atoms with van der Waals surface area (Å²) < 4.78 is 20.1. The molecule has 0 saturated heterocycles. The number of aromatic nitrogens is 1. The zero-order chi connectivity index (χ0) is 16.4. The topological polar surface area (TPSA) is 60.3 Å². The molecule has 0 bridgehead atoms. The zero-order valence-corrected chi connectivity index (χ0v) is 12.8. The lowest BCUT2D eigenvalue weighted by molar-refractivity contribution is 0.102. The minimum atomic E-state index is -0.430. The molecule has 1 amide bonds. The Morgan fingerprint density at radius 1 is 1.30 bits per heavy atom. The van der Waals surface area contributed by atoms with Crippen molar-refractivity contribution in [3.05, 3.63) is 57.8 Å². The molecule has 0 spiro atoms. The fourth-order valence-electron chi connectivity index (χ4n) is 2.90. The smallest absolute Gasteiger partial charge is 0.261 e. The van der Waals surface area contributed by atoms with Gasteiger partial charge < -0.3 is 14.6 Å². The van der Waals surface area contributed by atoms with Crippen molar-refractivity contribution in [2.75, 3.05) is 12.4 Å². The molecular formula is C17H17FN2O3. The van der Waals surface area contributed by atoms with Crippen LogP contribution in [0.5, 0.6) is 5.75 Å². The third-order valence-corrected chi connectivity index (χ3v) is 3.96. The summed E-state index contributed by atoms with van der Waals surface area (Å²) in [4.78, 5) is 24.8. The maximum Gasteiger partial charge on any atom is 0.261 e. The van der Waals surface area contributed by atoms with Crippen LogP contribution in [0.25, 0.3) is 0 Å². The summed E-state index contributed by atoms with van der Waals surface area (Å²) in [5.74, 6) is -0.587. The van der Waals surface area contributed by atoms with E-state index < -0.39 is 11.7 Å². The Morgan fingerprint density at radius 3 is 2.87 bits per heavy atom. The molecule has 1 N–H and O–H groups in total. The number of hydrogen-bond acceptors (Lipinski definition) is 3. The van der Waals surface area contributed by atoms with Gasteiger partial charge >= 0.3 is 0 Å². The van der Waals surface area contributed by atoms with Crippen molar-refractivity contribution in [1.82, 2.24) is 4.57 Å². The molecule has 6 heteroatoms. The van der Waals surface area contributed by atoms with Gasteiger partial charge in [-0.3, -0.25) is 9.59 Å². The highest BCUT2D eigenvalue weighted by Crippen LogP contribution is 2.26. The molecule has 0 saturated carbocycles. The molecule has 1 aliphatic heterocycles. The molecule has 0 unspecified atom stereocenters. The van der Waals surface area contributed by atoms with Gasteiger partial charge in [-0.15, -0.1) is 0 Å². The van der Waals surface area contributed by atoms with E-state index >= 15 is 0 Å². The van der Waals surface area contributed by atoms with Crippen molar-refractivity contribution in [1.29, 1.82) is 0 Å². The maximum atomic E-state index is 13.3. The van der Waals surface area contributed by atoms with Gasteiger partial charge in [-0.1, -0.05) is 6.07 Å². The second kappa shape index (κ2) is 6.24.